The summed E-state index contributed by atoms with van der Waals surface area (Å²) in [5.74, 6) is 0.790. The fourth-order valence-electron chi connectivity index (χ4n) is 2.36. The molecule has 0 fully saturated rings. The molecular weight excluding hydrogens is 280 g/mol. The molecule has 0 saturated carbocycles. The number of hydrogen-bond acceptors (Lipinski definition) is 2. The van der Waals surface area contributed by atoms with Crippen LogP contribution in [0.4, 0.5) is 0 Å². The highest BCUT2D eigenvalue weighted by Gasteiger charge is 2.21. The molecule has 0 spiro atoms. The van der Waals surface area contributed by atoms with E-state index < -0.39 is 0 Å². The van der Waals surface area contributed by atoms with Gasteiger partial charge in [0.15, 0.2) is 0 Å². The van der Waals surface area contributed by atoms with Crippen molar-refractivity contribution in [1.29, 1.82) is 0 Å². The largest absolute Gasteiger partial charge is 0.490 e. The van der Waals surface area contributed by atoms with Gasteiger partial charge in [-0.05, 0) is 36.5 Å². The first-order valence-electron chi connectivity index (χ1n) is 8.03. The predicted molar refractivity (Wildman–Crippen MR) is 91.5 cm³/mol. The first-order valence-corrected chi connectivity index (χ1v) is 8.44. The quantitative estimate of drug-likeness (QED) is 0.530. The molecule has 1 aromatic rings. The van der Waals surface area contributed by atoms with Crippen LogP contribution >= 0.6 is 12.6 Å². The molecule has 119 valence electrons. The number of benzene rings is 1. The van der Waals surface area contributed by atoms with E-state index in [4.69, 9.17) is 22.1 Å². The van der Waals surface area contributed by atoms with Gasteiger partial charge in [-0.15, -0.1) is 0 Å². The Morgan fingerprint density at radius 1 is 1.10 bits per heavy atom. The van der Waals surface area contributed by atoms with Crippen LogP contribution in [0.2, 0.25) is 0 Å². The van der Waals surface area contributed by atoms with Crippen molar-refractivity contribution in [3.8, 4) is 5.75 Å². The minimum absolute atomic E-state index is 0.173. The minimum atomic E-state index is 0.173. The first-order chi connectivity index (χ1) is 10.0. The summed E-state index contributed by atoms with van der Waals surface area (Å²) in [5.41, 5.74) is 1.48. The molecule has 2 nitrogen and oxygen atoms in total. The van der Waals surface area contributed by atoms with Gasteiger partial charge < -0.3 is 9.47 Å². The van der Waals surface area contributed by atoms with Crippen LogP contribution < -0.4 is 4.74 Å². The van der Waals surface area contributed by atoms with Crippen molar-refractivity contribution < 1.29 is 9.47 Å². The Labute approximate surface area is 135 Å². The SMILES string of the molecule is CCCCCC(C)(C)c1ccc(OCCOCC)c([S])c1. The molecule has 0 aliphatic rings. The first kappa shape index (κ1) is 18.2. The molecule has 1 radical (unpaired) electrons. The van der Waals surface area contributed by atoms with Crippen LogP contribution in [0.15, 0.2) is 23.1 Å². The Morgan fingerprint density at radius 2 is 1.86 bits per heavy atom. The van der Waals surface area contributed by atoms with Gasteiger partial charge in [-0.1, -0.05) is 58.7 Å². The summed E-state index contributed by atoms with van der Waals surface area (Å²) in [7, 11) is 0. The third-order valence-corrected chi connectivity index (χ3v) is 4.14. The van der Waals surface area contributed by atoms with Crippen molar-refractivity contribution in [2.45, 2.75) is 63.7 Å². The maximum Gasteiger partial charge on any atom is 0.137 e. The van der Waals surface area contributed by atoms with Crippen molar-refractivity contribution >= 4 is 12.6 Å². The molecule has 0 aliphatic carbocycles. The third-order valence-electron chi connectivity index (χ3n) is 3.82. The monoisotopic (exact) mass is 309 g/mol. The van der Waals surface area contributed by atoms with Crippen molar-refractivity contribution in [2.24, 2.45) is 0 Å². The lowest BCUT2D eigenvalue weighted by molar-refractivity contribution is 0.109. The predicted octanol–water partition coefficient (Wildman–Crippen LogP) is 5.52. The molecule has 1 rings (SSSR count). The van der Waals surface area contributed by atoms with Gasteiger partial charge in [0.25, 0.3) is 0 Å². The van der Waals surface area contributed by atoms with Crippen molar-refractivity contribution in [2.75, 3.05) is 19.8 Å². The summed E-state index contributed by atoms with van der Waals surface area (Å²) in [4.78, 5) is 0.799. The maximum absolute atomic E-state index is 5.68. The smallest absolute Gasteiger partial charge is 0.137 e. The molecule has 0 unspecified atom stereocenters. The van der Waals surface area contributed by atoms with Gasteiger partial charge in [-0.2, -0.15) is 0 Å². The molecule has 1 aromatic carbocycles. The molecular formula is C18H29O2S. The Kier molecular flexibility index (Phi) is 8.05. The lowest BCUT2D eigenvalue weighted by Gasteiger charge is -2.26. The van der Waals surface area contributed by atoms with Gasteiger partial charge in [0, 0.05) is 6.61 Å². The van der Waals surface area contributed by atoms with Crippen molar-refractivity contribution in [1.82, 2.24) is 0 Å². The van der Waals surface area contributed by atoms with Crippen LogP contribution in [-0.2, 0) is 10.2 Å². The summed E-state index contributed by atoms with van der Waals surface area (Å²) in [6, 6.07) is 6.25. The Balaban J connectivity index is 2.63. The average molecular weight is 309 g/mol. The van der Waals surface area contributed by atoms with Gasteiger partial charge in [0.1, 0.15) is 12.4 Å². The van der Waals surface area contributed by atoms with E-state index in [2.05, 4.69) is 32.9 Å². The molecule has 0 saturated heterocycles. The standard InChI is InChI=1S/C18H29O2S/c1-5-7-8-11-18(3,4)15-9-10-16(17(21)14-15)20-13-12-19-6-2/h9-10,14H,5-8,11-13H2,1-4H3. The lowest BCUT2D eigenvalue weighted by atomic mass is 9.80. The van der Waals surface area contributed by atoms with E-state index >= 15 is 0 Å². The van der Waals surface area contributed by atoms with E-state index in [0.29, 0.717) is 13.2 Å². The normalized spacial score (nSPS) is 11.6. The highest BCUT2D eigenvalue weighted by molar-refractivity contribution is 7.80. The van der Waals surface area contributed by atoms with Crippen LogP contribution in [0.3, 0.4) is 0 Å². The Hall–Kier alpha value is -0.800. The number of hydrogen-bond donors (Lipinski definition) is 0. The molecule has 21 heavy (non-hydrogen) atoms. The van der Waals surface area contributed by atoms with E-state index in [0.717, 1.165) is 17.3 Å². The highest BCUT2D eigenvalue weighted by atomic mass is 32.1. The van der Waals surface area contributed by atoms with Gasteiger partial charge in [-0.25, -0.2) is 0 Å². The summed E-state index contributed by atoms with van der Waals surface area (Å²) < 4.78 is 10.9. The van der Waals surface area contributed by atoms with E-state index in [1.54, 1.807) is 0 Å². The number of unbranched alkanes of at least 4 members (excludes halogenated alkanes) is 2. The summed E-state index contributed by atoms with van der Waals surface area (Å²) in [5, 5.41) is 0. The summed E-state index contributed by atoms with van der Waals surface area (Å²) >= 11 is 5.46. The van der Waals surface area contributed by atoms with E-state index in [-0.39, 0.29) is 5.41 Å². The molecule has 0 aliphatic heterocycles. The van der Waals surface area contributed by atoms with Crippen LogP contribution in [0.25, 0.3) is 0 Å². The lowest BCUT2D eigenvalue weighted by Crippen LogP contribution is -2.17. The molecule has 3 heteroatoms. The zero-order valence-electron chi connectivity index (χ0n) is 13.9. The van der Waals surface area contributed by atoms with E-state index in [1.165, 1.54) is 31.2 Å². The maximum atomic E-state index is 5.68. The zero-order chi connectivity index (χ0) is 15.7. The van der Waals surface area contributed by atoms with Crippen LogP contribution in [0.1, 0.15) is 58.9 Å². The number of ether oxygens (including phenoxy) is 2. The van der Waals surface area contributed by atoms with E-state index in [9.17, 15) is 0 Å². The molecule has 0 atom stereocenters. The second-order valence-electron chi connectivity index (χ2n) is 6.05. The van der Waals surface area contributed by atoms with Gasteiger partial charge in [0.05, 0.1) is 11.5 Å². The minimum Gasteiger partial charge on any atom is -0.490 e. The van der Waals surface area contributed by atoms with Crippen LogP contribution in [0.5, 0.6) is 5.75 Å². The average Bonchev–Trinajstić information content (AvgIpc) is 2.45. The molecule has 0 heterocycles. The molecule has 0 bridgehead atoms. The Bertz CT molecular complexity index is 416. The van der Waals surface area contributed by atoms with Gasteiger partial charge in [0.2, 0.25) is 0 Å². The highest BCUT2D eigenvalue weighted by Crippen LogP contribution is 2.33. The van der Waals surface area contributed by atoms with Crippen molar-refractivity contribution in [3.05, 3.63) is 23.8 Å². The fourth-order valence-corrected chi connectivity index (χ4v) is 2.62. The summed E-state index contributed by atoms with van der Waals surface area (Å²) in [6.45, 7) is 10.7. The van der Waals surface area contributed by atoms with Gasteiger partial charge >= 0.3 is 0 Å². The molecule has 0 amide bonds. The van der Waals surface area contributed by atoms with Gasteiger partial charge in [-0.3, -0.25) is 0 Å². The topological polar surface area (TPSA) is 18.5 Å². The third kappa shape index (κ3) is 6.23. The van der Waals surface area contributed by atoms with E-state index in [1.807, 2.05) is 13.0 Å². The summed E-state index contributed by atoms with van der Waals surface area (Å²) in [6.07, 6.45) is 5.01. The number of rotatable bonds is 10. The fraction of sp³-hybridized carbons (Fsp3) is 0.667. The second kappa shape index (κ2) is 9.26. The van der Waals surface area contributed by atoms with Crippen LogP contribution in [-0.4, -0.2) is 19.8 Å². The molecule has 0 N–H and O–H groups in total. The van der Waals surface area contributed by atoms with Crippen LogP contribution in [0, 0.1) is 0 Å². The molecule has 0 aromatic heterocycles. The Morgan fingerprint density at radius 3 is 2.48 bits per heavy atom. The van der Waals surface area contributed by atoms with Crippen molar-refractivity contribution in [3.63, 3.8) is 0 Å². The zero-order valence-corrected chi connectivity index (χ0v) is 14.7. The second-order valence-corrected chi connectivity index (χ2v) is 6.49.